The number of anilines is 1. The number of nitriles is 1. The molecule has 0 unspecified atom stereocenters. The molecule has 0 aromatic heterocycles. The van der Waals surface area contributed by atoms with E-state index in [-0.39, 0.29) is 5.69 Å². The maximum Gasteiger partial charge on any atom is 0.270 e. The molecule has 0 radical (unpaired) electrons. The summed E-state index contributed by atoms with van der Waals surface area (Å²) in [4.78, 5) is 12.5. The highest BCUT2D eigenvalue weighted by atomic mass is 16.6. The van der Waals surface area contributed by atoms with Gasteiger partial charge in [-0.3, -0.25) is 10.1 Å². The average molecular weight is 287 g/mol. The van der Waals surface area contributed by atoms with Crippen LogP contribution in [-0.2, 0) is 0 Å². The number of hydrogen-bond acceptors (Lipinski definition) is 4. The molecule has 112 valence electrons. The van der Waals surface area contributed by atoms with Gasteiger partial charge in [0.25, 0.3) is 5.69 Å². The number of hydrogen-bond donors (Lipinski definition) is 0. The maximum absolute atomic E-state index is 10.8. The molecule has 0 saturated heterocycles. The first-order valence-electron chi connectivity index (χ1n) is 7.25. The van der Waals surface area contributed by atoms with Gasteiger partial charge < -0.3 is 4.90 Å². The lowest BCUT2D eigenvalue weighted by molar-refractivity contribution is -0.384. The first-order valence-corrected chi connectivity index (χ1v) is 7.25. The summed E-state index contributed by atoms with van der Waals surface area (Å²) >= 11 is 0. The minimum atomic E-state index is -0.465. The van der Waals surface area contributed by atoms with E-state index in [9.17, 15) is 15.4 Å². The Morgan fingerprint density at radius 1 is 1.38 bits per heavy atom. The van der Waals surface area contributed by atoms with Gasteiger partial charge in [0.15, 0.2) is 0 Å². The third kappa shape index (κ3) is 3.33. The standard InChI is InChI=1S/C16H21N3O2/c1-16(2)8-6-13(7-9-16)18(3)15-5-4-14(19(20)21)10-12(15)11-17/h4-5,10,13H,6-9H2,1-3H3. The molecule has 0 aliphatic heterocycles. The summed E-state index contributed by atoms with van der Waals surface area (Å²) in [5.41, 5.74) is 1.52. The van der Waals surface area contributed by atoms with Crippen LogP contribution in [0.15, 0.2) is 18.2 Å². The highest BCUT2D eigenvalue weighted by molar-refractivity contribution is 5.63. The molecule has 1 aliphatic carbocycles. The predicted octanol–water partition coefficient (Wildman–Crippen LogP) is 3.87. The molecule has 1 fully saturated rings. The Morgan fingerprint density at radius 3 is 2.52 bits per heavy atom. The summed E-state index contributed by atoms with van der Waals surface area (Å²) in [5.74, 6) is 0. The van der Waals surface area contributed by atoms with Gasteiger partial charge in [0.2, 0.25) is 0 Å². The van der Waals surface area contributed by atoms with Crippen molar-refractivity contribution in [3.63, 3.8) is 0 Å². The van der Waals surface area contributed by atoms with Crippen LogP contribution in [0, 0.1) is 26.9 Å². The molecule has 0 spiro atoms. The van der Waals surface area contributed by atoms with Crippen molar-refractivity contribution in [3.8, 4) is 6.07 Å². The van der Waals surface area contributed by atoms with Crippen molar-refractivity contribution in [2.45, 2.75) is 45.6 Å². The Balaban J connectivity index is 2.22. The number of non-ortho nitro benzene ring substituents is 1. The molecule has 5 heteroatoms. The third-order valence-corrected chi connectivity index (χ3v) is 4.55. The van der Waals surface area contributed by atoms with Crippen molar-refractivity contribution in [2.24, 2.45) is 5.41 Å². The topological polar surface area (TPSA) is 70.2 Å². The first kappa shape index (κ1) is 15.3. The highest BCUT2D eigenvalue weighted by Gasteiger charge is 2.29. The lowest BCUT2D eigenvalue weighted by atomic mass is 9.75. The van der Waals surface area contributed by atoms with E-state index in [2.05, 4.69) is 24.8 Å². The van der Waals surface area contributed by atoms with Crippen LogP contribution in [0.3, 0.4) is 0 Å². The molecule has 5 nitrogen and oxygen atoms in total. The Kier molecular flexibility index (Phi) is 4.17. The Bertz CT molecular complexity index is 580. The quantitative estimate of drug-likeness (QED) is 0.625. The molecular weight excluding hydrogens is 266 g/mol. The van der Waals surface area contributed by atoms with Gasteiger partial charge in [-0.25, -0.2) is 0 Å². The fourth-order valence-corrected chi connectivity index (χ4v) is 3.00. The van der Waals surface area contributed by atoms with E-state index >= 15 is 0 Å². The number of nitrogens with zero attached hydrogens (tertiary/aromatic N) is 3. The second kappa shape index (κ2) is 5.72. The zero-order valence-corrected chi connectivity index (χ0v) is 12.8. The fraction of sp³-hybridized carbons (Fsp3) is 0.562. The largest absolute Gasteiger partial charge is 0.371 e. The number of benzene rings is 1. The Labute approximate surface area is 125 Å². The molecule has 1 aromatic carbocycles. The zero-order valence-electron chi connectivity index (χ0n) is 12.8. The van der Waals surface area contributed by atoms with Gasteiger partial charge in [-0.1, -0.05) is 13.8 Å². The van der Waals surface area contributed by atoms with Crippen LogP contribution in [0.4, 0.5) is 11.4 Å². The van der Waals surface area contributed by atoms with E-state index in [1.54, 1.807) is 6.07 Å². The maximum atomic E-state index is 10.8. The summed E-state index contributed by atoms with van der Waals surface area (Å²) in [5, 5.41) is 20.1. The van der Waals surface area contributed by atoms with E-state index in [0.29, 0.717) is 17.0 Å². The summed E-state index contributed by atoms with van der Waals surface area (Å²) < 4.78 is 0. The molecule has 0 atom stereocenters. The molecule has 0 amide bonds. The van der Waals surface area contributed by atoms with E-state index in [1.165, 1.54) is 12.1 Å². The molecule has 1 saturated carbocycles. The minimum absolute atomic E-state index is 0.0338. The normalized spacial score (nSPS) is 18.0. The van der Waals surface area contributed by atoms with Gasteiger partial charge in [0.05, 0.1) is 16.2 Å². The Hall–Kier alpha value is -2.09. The van der Waals surface area contributed by atoms with Crippen molar-refractivity contribution in [3.05, 3.63) is 33.9 Å². The van der Waals surface area contributed by atoms with Gasteiger partial charge >= 0.3 is 0 Å². The molecule has 2 rings (SSSR count). The summed E-state index contributed by atoms with van der Waals surface area (Å²) in [7, 11) is 1.98. The van der Waals surface area contributed by atoms with Crippen LogP contribution in [-0.4, -0.2) is 18.0 Å². The van der Waals surface area contributed by atoms with Crippen LogP contribution < -0.4 is 4.90 Å². The molecular formula is C16H21N3O2. The monoisotopic (exact) mass is 287 g/mol. The van der Waals surface area contributed by atoms with Crippen LogP contribution in [0.2, 0.25) is 0 Å². The van der Waals surface area contributed by atoms with Gasteiger partial charge in [-0.2, -0.15) is 5.26 Å². The number of nitro groups is 1. The molecule has 1 aromatic rings. The van der Waals surface area contributed by atoms with E-state index in [1.807, 2.05) is 7.05 Å². The second-order valence-corrected chi connectivity index (χ2v) is 6.58. The Morgan fingerprint density at radius 2 is 2.00 bits per heavy atom. The van der Waals surface area contributed by atoms with Gasteiger partial charge in [0.1, 0.15) is 6.07 Å². The lowest BCUT2D eigenvalue weighted by Gasteiger charge is -2.39. The molecule has 0 N–H and O–H groups in total. The van der Waals surface area contributed by atoms with Gasteiger partial charge in [-0.05, 0) is 37.2 Å². The van der Waals surface area contributed by atoms with Crippen molar-refractivity contribution in [1.29, 1.82) is 5.26 Å². The molecule has 0 bridgehead atoms. The molecule has 0 heterocycles. The zero-order chi connectivity index (χ0) is 15.6. The number of nitro benzene ring substituents is 1. The van der Waals surface area contributed by atoms with Crippen LogP contribution in [0.25, 0.3) is 0 Å². The average Bonchev–Trinajstić information content (AvgIpc) is 2.45. The molecule has 1 aliphatic rings. The summed E-state index contributed by atoms with van der Waals surface area (Å²) in [6.45, 7) is 4.58. The predicted molar refractivity (Wildman–Crippen MR) is 82.3 cm³/mol. The summed E-state index contributed by atoms with van der Waals surface area (Å²) in [6.07, 6.45) is 4.50. The fourth-order valence-electron chi connectivity index (χ4n) is 3.00. The van der Waals surface area contributed by atoms with Crippen LogP contribution in [0.1, 0.15) is 45.1 Å². The third-order valence-electron chi connectivity index (χ3n) is 4.55. The van der Waals surface area contributed by atoms with E-state index in [0.717, 1.165) is 31.4 Å². The van der Waals surface area contributed by atoms with Crippen molar-refractivity contribution in [2.75, 3.05) is 11.9 Å². The van der Waals surface area contributed by atoms with Crippen LogP contribution >= 0.6 is 0 Å². The van der Waals surface area contributed by atoms with Crippen molar-refractivity contribution in [1.82, 2.24) is 0 Å². The number of rotatable bonds is 3. The minimum Gasteiger partial charge on any atom is -0.371 e. The molecule has 21 heavy (non-hydrogen) atoms. The lowest BCUT2D eigenvalue weighted by Crippen LogP contribution is -2.37. The SMILES string of the molecule is CN(c1ccc([N+](=O)[O-])cc1C#N)C1CCC(C)(C)CC1. The van der Waals surface area contributed by atoms with E-state index in [4.69, 9.17) is 0 Å². The van der Waals surface area contributed by atoms with E-state index < -0.39 is 4.92 Å². The highest BCUT2D eigenvalue weighted by Crippen LogP contribution is 2.38. The summed E-state index contributed by atoms with van der Waals surface area (Å²) in [6, 6.07) is 7.00. The van der Waals surface area contributed by atoms with Crippen molar-refractivity contribution >= 4 is 11.4 Å². The second-order valence-electron chi connectivity index (χ2n) is 6.58. The first-order chi connectivity index (χ1) is 9.84. The van der Waals surface area contributed by atoms with Crippen LogP contribution in [0.5, 0.6) is 0 Å². The van der Waals surface area contributed by atoms with Gasteiger partial charge in [0, 0.05) is 25.2 Å². The van der Waals surface area contributed by atoms with Crippen molar-refractivity contribution < 1.29 is 4.92 Å². The van der Waals surface area contributed by atoms with Gasteiger partial charge in [-0.15, -0.1) is 0 Å². The smallest absolute Gasteiger partial charge is 0.270 e.